The zero-order valence-corrected chi connectivity index (χ0v) is 16.4. The Labute approximate surface area is 173 Å². The van der Waals surface area contributed by atoms with Gasteiger partial charge < -0.3 is 20.5 Å². The number of fused-ring (bicyclic) bond motifs is 2. The zero-order chi connectivity index (χ0) is 21.3. The number of allylic oxidation sites excluding steroid dienone is 2. The Morgan fingerprint density at radius 3 is 2.33 bits per heavy atom. The molecule has 7 heteroatoms. The average molecular weight is 406 g/mol. The minimum absolute atomic E-state index is 0.0533. The van der Waals surface area contributed by atoms with E-state index in [-0.39, 0.29) is 23.7 Å². The van der Waals surface area contributed by atoms with Gasteiger partial charge in [-0.1, -0.05) is 30.4 Å². The first-order chi connectivity index (χ1) is 14.5. The maximum Gasteiger partial charge on any atom is 0.307 e. The van der Waals surface area contributed by atoms with Gasteiger partial charge >= 0.3 is 5.97 Å². The molecule has 0 radical (unpaired) electrons. The standard InChI is InChI=1S/C23H22N2O5/c1-30-18-12-16(9-10-17(18)25-21(26)13-5-3-2-4-6-13)24-22(27)19-14-7-8-15(11-14)20(19)23(28)29/h2-10,12,14-15,19-20H,11H2,1H3,(H,24,27)(H,25,26)(H,28,29)/t14-,15-,19+,20+/m0/s1. The van der Waals surface area contributed by atoms with Gasteiger partial charge in [-0.25, -0.2) is 0 Å². The summed E-state index contributed by atoms with van der Waals surface area (Å²) in [5, 5.41) is 15.1. The number of aliphatic carboxylic acids is 1. The number of ether oxygens (including phenoxy) is 1. The van der Waals surface area contributed by atoms with Crippen LogP contribution in [0.4, 0.5) is 11.4 Å². The fourth-order valence-electron chi connectivity index (χ4n) is 4.40. The molecule has 4 atom stereocenters. The van der Waals surface area contributed by atoms with E-state index in [1.54, 1.807) is 42.5 Å². The summed E-state index contributed by atoms with van der Waals surface area (Å²) in [4.78, 5) is 36.9. The molecule has 154 valence electrons. The molecule has 0 aliphatic heterocycles. The Balaban J connectivity index is 1.49. The van der Waals surface area contributed by atoms with Crippen LogP contribution in [0.1, 0.15) is 16.8 Å². The first-order valence-electron chi connectivity index (χ1n) is 9.74. The number of benzene rings is 2. The summed E-state index contributed by atoms with van der Waals surface area (Å²) in [5.41, 5.74) is 1.46. The third-order valence-corrected chi connectivity index (χ3v) is 5.80. The molecule has 0 spiro atoms. The van der Waals surface area contributed by atoms with Gasteiger partial charge in [-0.3, -0.25) is 14.4 Å². The van der Waals surface area contributed by atoms with Gasteiger partial charge in [-0.15, -0.1) is 0 Å². The Morgan fingerprint density at radius 1 is 0.967 bits per heavy atom. The molecule has 3 N–H and O–H groups in total. The lowest BCUT2D eigenvalue weighted by atomic mass is 9.82. The Bertz CT molecular complexity index is 1020. The van der Waals surface area contributed by atoms with Gasteiger partial charge in [0.25, 0.3) is 5.91 Å². The highest BCUT2D eigenvalue weighted by atomic mass is 16.5. The lowest BCUT2D eigenvalue weighted by Crippen LogP contribution is -2.36. The highest BCUT2D eigenvalue weighted by Crippen LogP contribution is 2.48. The van der Waals surface area contributed by atoms with Crippen LogP contribution in [0.3, 0.4) is 0 Å². The summed E-state index contributed by atoms with van der Waals surface area (Å²) < 4.78 is 5.37. The maximum absolute atomic E-state index is 12.8. The number of carboxylic acids is 1. The van der Waals surface area contributed by atoms with Crippen molar-refractivity contribution in [1.29, 1.82) is 0 Å². The average Bonchev–Trinajstić information content (AvgIpc) is 3.37. The van der Waals surface area contributed by atoms with Crippen LogP contribution in [0.25, 0.3) is 0 Å². The predicted molar refractivity (Wildman–Crippen MR) is 111 cm³/mol. The van der Waals surface area contributed by atoms with Crippen LogP contribution >= 0.6 is 0 Å². The minimum Gasteiger partial charge on any atom is -0.494 e. The van der Waals surface area contributed by atoms with E-state index < -0.39 is 17.8 Å². The maximum atomic E-state index is 12.8. The van der Waals surface area contributed by atoms with Crippen molar-refractivity contribution in [3.8, 4) is 5.75 Å². The first kappa shape index (κ1) is 19.7. The van der Waals surface area contributed by atoms with Crippen LogP contribution in [0.5, 0.6) is 5.75 Å². The van der Waals surface area contributed by atoms with Crippen molar-refractivity contribution in [3.63, 3.8) is 0 Å². The first-order valence-corrected chi connectivity index (χ1v) is 9.74. The molecule has 0 unspecified atom stereocenters. The van der Waals surface area contributed by atoms with Crippen LogP contribution in [-0.4, -0.2) is 30.0 Å². The van der Waals surface area contributed by atoms with Crippen molar-refractivity contribution in [2.45, 2.75) is 6.42 Å². The fraction of sp³-hybridized carbons (Fsp3) is 0.261. The molecule has 0 saturated heterocycles. The van der Waals surface area contributed by atoms with Crippen molar-refractivity contribution in [1.82, 2.24) is 0 Å². The van der Waals surface area contributed by atoms with Gasteiger partial charge in [0.05, 0.1) is 24.6 Å². The summed E-state index contributed by atoms with van der Waals surface area (Å²) in [6.45, 7) is 0. The van der Waals surface area contributed by atoms with Crippen LogP contribution < -0.4 is 15.4 Å². The molecule has 30 heavy (non-hydrogen) atoms. The number of carbonyl (C=O) groups excluding carboxylic acids is 2. The summed E-state index contributed by atoms with van der Waals surface area (Å²) in [5.74, 6) is -2.59. The summed E-state index contributed by atoms with van der Waals surface area (Å²) >= 11 is 0. The molecule has 1 saturated carbocycles. The minimum atomic E-state index is -0.941. The molecular weight excluding hydrogens is 384 g/mol. The molecule has 0 heterocycles. The molecule has 2 aromatic carbocycles. The van der Waals surface area contributed by atoms with Gasteiger partial charge in [0.15, 0.2) is 0 Å². The summed E-state index contributed by atoms with van der Waals surface area (Å²) in [6.07, 6.45) is 4.54. The predicted octanol–water partition coefficient (Wildman–Crippen LogP) is 3.41. The van der Waals surface area contributed by atoms with E-state index in [9.17, 15) is 19.5 Å². The van der Waals surface area contributed by atoms with E-state index in [2.05, 4.69) is 10.6 Å². The molecule has 2 amide bonds. The van der Waals surface area contributed by atoms with Crippen molar-refractivity contribution in [3.05, 3.63) is 66.2 Å². The normalized spacial score (nSPS) is 23.8. The lowest BCUT2D eigenvalue weighted by Gasteiger charge is -2.24. The van der Waals surface area contributed by atoms with E-state index in [0.29, 0.717) is 29.1 Å². The second-order valence-electron chi connectivity index (χ2n) is 7.56. The van der Waals surface area contributed by atoms with E-state index >= 15 is 0 Å². The number of nitrogens with one attached hydrogen (secondary N) is 2. The molecule has 2 aliphatic rings. The van der Waals surface area contributed by atoms with E-state index in [1.165, 1.54) is 7.11 Å². The number of hydrogen-bond acceptors (Lipinski definition) is 4. The largest absolute Gasteiger partial charge is 0.494 e. The molecule has 0 aromatic heterocycles. The number of carbonyl (C=O) groups is 3. The van der Waals surface area contributed by atoms with Crippen LogP contribution in [-0.2, 0) is 9.59 Å². The SMILES string of the molecule is COc1cc(NC(=O)[C@H]2[C@H](C(=O)O)[C@H]3C=C[C@H]2C3)ccc1NC(=O)c1ccccc1. The molecule has 7 nitrogen and oxygen atoms in total. The second-order valence-corrected chi connectivity index (χ2v) is 7.56. The monoisotopic (exact) mass is 406 g/mol. The summed E-state index contributed by atoms with van der Waals surface area (Å²) in [7, 11) is 1.47. The van der Waals surface area contributed by atoms with Gasteiger partial charge in [0.2, 0.25) is 5.91 Å². The number of hydrogen-bond donors (Lipinski definition) is 3. The molecular formula is C23H22N2O5. The third-order valence-electron chi connectivity index (χ3n) is 5.80. The highest BCUT2D eigenvalue weighted by Gasteiger charge is 2.51. The van der Waals surface area contributed by atoms with Gasteiger partial charge in [-0.05, 0) is 42.5 Å². The number of anilines is 2. The number of rotatable bonds is 6. The molecule has 4 rings (SSSR count). The number of methoxy groups -OCH3 is 1. The molecule has 2 bridgehead atoms. The molecule has 1 fully saturated rings. The van der Waals surface area contributed by atoms with Gasteiger partial charge in [0.1, 0.15) is 5.75 Å². The Hall–Kier alpha value is -3.61. The Morgan fingerprint density at radius 2 is 1.67 bits per heavy atom. The van der Waals surface area contributed by atoms with Gasteiger partial charge in [-0.2, -0.15) is 0 Å². The second kappa shape index (κ2) is 8.02. The summed E-state index contributed by atoms with van der Waals surface area (Å²) in [6, 6.07) is 13.7. The molecule has 2 aliphatic carbocycles. The van der Waals surface area contributed by atoms with Crippen molar-refractivity contribution >= 4 is 29.2 Å². The van der Waals surface area contributed by atoms with Crippen molar-refractivity contribution in [2.24, 2.45) is 23.7 Å². The van der Waals surface area contributed by atoms with Gasteiger partial charge in [0, 0.05) is 17.3 Å². The number of amides is 2. The zero-order valence-electron chi connectivity index (χ0n) is 16.4. The van der Waals surface area contributed by atoms with Crippen LogP contribution in [0.15, 0.2) is 60.7 Å². The quantitative estimate of drug-likeness (QED) is 0.638. The lowest BCUT2D eigenvalue weighted by molar-refractivity contribution is -0.146. The fourth-order valence-corrected chi connectivity index (χ4v) is 4.40. The van der Waals surface area contributed by atoms with E-state index in [1.807, 2.05) is 18.2 Å². The van der Waals surface area contributed by atoms with Crippen LogP contribution in [0.2, 0.25) is 0 Å². The molecule has 2 aromatic rings. The van der Waals surface area contributed by atoms with Crippen molar-refractivity contribution in [2.75, 3.05) is 17.7 Å². The van der Waals surface area contributed by atoms with E-state index in [4.69, 9.17) is 4.74 Å². The van der Waals surface area contributed by atoms with E-state index in [0.717, 1.165) is 0 Å². The van der Waals surface area contributed by atoms with Crippen LogP contribution in [0, 0.1) is 23.7 Å². The topological polar surface area (TPSA) is 105 Å². The number of carboxylic acid groups (broad SMARTS) is 1. The third kappa shape index (κ3) is 3.66. The highest BCUT2D eigenvalue weighted by molar-refractivity contribution is 6.05. The Kier molecular flexibility index (Phi) is 5.27. The smallest absolute Gasteiger partial charge is 0.307 e. The van der Waals surface area contributed by atoms with Crippen molar-refractivity contribution < 1.29 is 24.2 Å².